The van der Waals surface area contributed by atoms with Gasteiger partial charge in [0, 0.05) is 13.0 Å². The molecule has 7 heteroatoms. The minimum absolute atomic E-state index is 0.128. The summed E-state index contributed by atoms with van der Waals surface area (Å²) >= 11 is 0. The number of nitrogens with one attached hydrogen (secondary N) is 2. The van der Waals surface area contributed by atoms with Gasteiger partial charge in [-0.2, -0.15) is 5.10 Å². The van der Waals surface area contributed by atoms with E-state index in [2.05, 4.69) is 51.9 Å². The molecule has 144 valence electrons. The number of guanidine groups is 1. The van der Waals surface area contributed by atoms with Gasteiger partial charge in [-0.1, -0.05) is 30.3 Å². The second-order valence-electron chi connectivity index (χ2n) is 6.63. The Hall–Kier alpha value is -3.35. The zero-order valence-electron chi connectivity index (χ0n) is 15.9. The van der Waals surface area contributed by atoms with Gasteiger partial charge in [0.2, 0.25) is 0 Å². The van der Waals surface area contributed by atoms with E-state index in [1.165, 1.54) is 11.9 Å². The van der Waals surface area contributed by atoms with Gasteiger partial charge in [0.25, 0.3) is 0 Å². The molecule has 2 aromatic carbocycles. The second-order valence-corrected chi connectivity index (χ2v) is 6.63. The van der Waals surface area contributed by atoms with Crippen molar-refractivity contribution in [2.75, 3.05) is 13.1 Å². The average Bonchev–Trinajstić information content (AvgIpc) is 3.40. The van der Waals surface area contributed by atoms with Crippen molar-refractivity contribution < 1.29 is 4.74 Å². The molecule has 0 saturated heterocycles. The Balaban J connectivity index is 1.33. The van der Waals surface area contributed by atoms with Crippen molar-refractivity contribution in [2.45, 2.75) is 26.0 Å². The Bertz CT molecular complexity index is 895. The second kappa shape index (κ2) is 8.56. The number of aliphatic imine (C=N–C) groups is 1. The summed E-state index contributed by atoms with van der Waals surface area (Å²) in [5.41, 5.74) is 3.38. The first kappa shape index (κ1) is 18.0. The van der Waals surface area contributed by atoms with Crippen molar-refractivity contribution in [3.8, 4) is 11.4 Å². The Morgan fingerprint density at radius 2 is 2.04 bits per heavy atom. The van der Waals surface area contributed by atoms with Gasteiger partial charge in [-0.15, -0.1) is 0 Å². The Morgan fingerprint density at radius 1 is 1.18 bits per heavy atom. The summed E-state index contributed by atoms with van der Waals surface area (Å²) in [6, 6.07) is 16.4. The first-order valence-corrected chi connectivity index (χ1v) is 9.52. The van der Waals surface area contributed by atoms with E-state index in [0.29, 0.717) is 13.1 Å². The fraction of sp³-hybridized carbons (Fsp3) is 0.286. The molecule has 28 heavy (non-hydrogen) atoms. The largest absolute Gasteiger partial charge is 0.488 e. The molecule has 1 aliphatic rings. The molecule has 7 nitrogen and oxygen atoms in total. The normalized spacial score (nSPS) is 15.8. The summed E-state index contributed by atoms with van der Waals surface area (Å²) < 4.78 is 7.72. The molecule has 3 aromatic rings. The van der Waals surface area contributed by atoms with Crippen LogP contribution >= 0.6 is 0 Å². The zero-order valence-corrected chi connectivity index (χ0v) is 15.9. The number of rotatable bonds is 6. The molecule has 1 atom stereocenters. The number of para-hydroxylation sites is 1. The van der Waals surface area contributed by atoms with Gasteiger partial charge in [-0.25, -0.2) is 14.7 Å². The molecule has 1 aliphatic heterocycles. The lowest BCUT2D eigenvalue weighted by molar-refractivity contribution is 0.235. The fourth-order valence-electron chi connectivity index (χ4n) is 3.19. The number of ether oxygens (including phenoxy) is 1. The van der Waals surface area contributed by atoms with Gasteiger partial charge in [-0.3, -0.25) is 0 Å². The number of hydrogen-bond donors (Lipinski definition) is 2. The number of fused-ring (bicyclic) bond motifs is 1. The van der Waals surface area contributed by atoms with Crippen LogP contribution in [-0.2, 0) is 13.0 Å². The lowest BCUT2D eigenvalue weighted by Crippen LogP contribution is -2.42. The van der Waals surface area contributed by atoms with Crippen molar-refractivity contribution >= 4 is 5.96 Å². The smallest absolute Gasteiger partial charge is 0.191 e. The van der Waals surface area contributed by atoms with Crippen LogP contribution in [0.5, 0.6) is 5.75 Å². The van der Waals surface area contributed by atoms with E-state index in [-0.39, 0.29) is 6.10 Å². The molecular formula is C21H24N6O. The van der Waals surface area contributed by atoms with Gasteiger partial charge >= 0.3 is 0 Å². The van der Waals surface area contributed by atoms with Gasteiger partial charge in [0.15, 0.2) is 5.96 Å². The summed E-state index contributed by atoms with van der Waals surface area (Å²) in [7, 11) is 0. The maximum absolute atomic E-state index is 5.99. The minimum atomic E-state index is 0.128. The lowest BCUT2D eigenvalue weighted by Gasteiger charge is -2.15. The zero-order chi connectivity index (χ0) is 19.2. The highest BCUT2D eigenvalue weighted by molar-refractivity contribution is 5.79. The molecule has 2 N–H and O–H groups in total. The van der Waals surface area contributed by atoms with E-state index >= 15 is 0 Å². The van der Waals surface area contributed by atoms with E-state index in [4.69, 9.17) is 9.73 Å². The molecule has 0 aliphatic carbocycles. The van der Waals surface area contributed by atoms with Gasteiger partial charge in [-0.05, 0) is 36.2 Å². The van der Waals surface area contributed by atoms with E-state index in [9.17, 15) is 0 Å². The van der Waals surface area contributed by atoms with Crippen LogP contribution in [0.15, 0.2) is 66.2 Å². The average molecular weight is 376 g/mol. The third-order valence-corrected chi connectivity index (χ3v) is 4.59. The molecule has 4 rings (SSSR count). The van der Waals surface area contributed by atoms with Crippen molar-refractivity contribution in [2.24, 2.45) is 4.99 Å². The quantitative estimate of drug-likeness (QED) is 0.510. The Kier molecular flexibility index (Phi) is 5.51. The van der Waals surface area contributed by atoms with Crippen molar-refractivity contribution in [3.05, 3.63) is 72.3 Å². The Morgan fingerprint density at radius 3 is 2.79 bits per heavy atom. The van der Waals surface area contributed by atoms with Gasteiger partial charge in [0.1, 0.15) is 24.5 Å². The number of nitrogens with zero attached hydrogens (tertiary/aromatic N) is 4. The van der Waals surface area contributed by atoms with E-state index in [1.54, 1.807) is 11.0 Å². The van der Waals surface area contributed by atoms with E-state index < -0.39 is 0 Å². The van der Waals surface area contributed by atoms with Crippen LogP contribution in [0.3, 0.4) is 0 Å². The molecule has 0 bridgehead atoms. The molecule has 1 unspecified atom stereocenters. The maximum atomic E-state index is 5.99. The summed E-state index contributed by atoms with van der Waals surface area (Å²) in [5.74, 6) is 1.78. The predicted octanol–water partition coefficient (Wildman–Crippen LogP) is 2.33. The van der Waals surface area contributed by atoms with Gasteiger partial charge < -0.3 is 15.4 Å². The SMILES string of the molecule is CCNC(=NCc1ccc(-n2cncn2)cc1)NCC1Cc2ccccc2O1. The predicted molar refractivity (Wildman–Crippen MR) is 109 cm³/mol. The van der Waals surface area contributed by atoms with Crippen LogP contribution in [-0.4, -0.2) is 39.9 Å². The molecule has 0 radical (unpaired) electrons. The van der Waals surface area contributed by atoms with Crippen LogP contribution in [0.1, 0.15) is 18.1 Å². The molecule has 0 fully saturated rings. The first-order chi connectivity index (χ1) is 13.8. The van der Waals surface area contributed by atoms with Crippen molar-refractivity contribution in [1.29, 1.82) is 0 Å². The van der Waals surface area contributed by atoms with Gasteiger partial charge in [0.05, 0.1) is 18.8 Å². The van der Waals surface area contributed by atoms with Crippen LogP contribution in [0.25, 0.3) is 5.69 Å². The minimum Gasteiger partial charge on any atom is -0.488 e. The summed E-state index contributed by atoms with van der Waals surface area (Å²) in [4.78, 5) is 8.66. The number of hydrogen-bond acceptors (Lipinski definition) is 4. The van der Waals surface area contributed by atoms with Crippen LogP contribution in [0, 0.1) is 0 Å². The third-order valence-electron chi connectivity index (χ3n) is 4.59. The highest BCUT2D eigenvalue weighted by atomic mass is 16.5. The molecular weight excluding hydrogens is 352 g/mol. The highest BCUT2D eigenvalue weighted by Crippen LogP contribution is 2.27. The van der Waals surface area contributed by atoms with Crippen LogP contribution in [0.4, 0.5) is 0 Å². The third kappa shape index (κ3) is 4.31. The van der Waals surface area contributed by atoms with E-state index in [0.717, 1.165) is 35.9 Å². The molecule has 0 amide bonds. The molecule has 2 heterocycles. The fourth-order valence-corrected chi connectivity index (χ4v) is 3.19. The number of benzene rings is 2. The summed E-state index contributed by atoms with van der Waals surface area (Å²) in [6.45, 7) is 4.18. The van der Waals surface area contributed by atoms with Crippen LogP contribution in [0.2, 0.25) is 0 Å². The van der Waals surface area contributed by atoms with Crippen molar-refractivity contribution in [1.82, 2.24) is 25.4 Å². The Labute approximate surface area is 164 Å². The first-order valence-electron chi connectivity index (χ1n) is 9.52. The molecule has 0 spiro atoms. The molecule has 0 saturated carbocycles. The maximum Gasteiger partial charge on any atom is 0.191 e. The highest BCUT2D eigenvalue weighted by Gasteiger charge is 2.22. The van der Waals surface area contributed by atoms with Crippen LogP contribution < -0.4 is 15.4 Å². The lowest BCUT2D eigenvalue weighted by atomic mass is 10.1. The van der Waals surface area contributed by atoms with E-state index in [1.807, 2.05) is 24.3 Å². The monoisotopic (exact) mass is 376 g/mol. The standard InChI is InChI=1S/C21H24N6O/c1-2-23-21(25-13-19-11-17-5-3-4-6-20(17)28-19)24-12-16-7-9-18(10-8-16)27-15-22-14-26-27/h3-10,14-15,19H,2,11-13H2,1H3,(H2,23,24,25). The number of aromatic nitrogens is 3. The summed E-state index contributed by atoms with van der Waals surface area (Å²) in [6.07, 6.45) is 4.26. The van der Waals surface area contributed by atoms with Crippen molar-refractivity contribution in [3.63, 3.8) is 0 Å². The molecule has 1 aromatic heterocycles. The topological polar surface area (TPSA) is 76.4 Å². The summed E-state index contributed by atoms with van der Waals surface area (Å²) in [5, 5.41) is 10.8.